The molecule has 0 bridgehead atoms. The zero-order valence-corrected chi connectivity index (χ0v) is 8.21. The summed E-state index contributed by atoms with van der Waals surface area (Å²) in [6.45, 7) is 2.09. The first-order chi connectivity index (χ1) is 5.74. The van der Waals surface area contributed by atoms with E-state index in [4.69, 9.17) is 5.73 Å². The van der Waals surface area contributed by atoms with Gasteiger partial charge in [0.2, 0.25) is 0 Å². The highest BCUT2D eigenvalue weighted by Gasteiger charge is 2.04. The molecule has 0 fully saturated rings. The molecule has 1 rings (SSSR count). The van der Waals surface area contributed by atoms with Crippen molar-refractivity contribution < 1.29 is 0 Å². The van der Waals surface area contributed by atoms with Crippen LogP contribution in [-0.4, -0.2) is 26.6 Å². The van der Waals surface area contributed by atoms with Gasteiger partial charge in [-0.2, -0.15) is 0 Å². The number of hydrogen-bond donors (Lipinski definition) is 1. The third-order valence-electron chi connectivity index (χ3n) is 1.62. The average molecular weight is 186 g/mol. The Hall–Kier alpha value is -0.550. The summed E-state index contributed by atoms with van der Waals surface area (Å²) < 4.78 is 1.90. The molecular weight excluding hydrogens is 172 g/mol. The number of rotatable bonds is 4. The number of hydrogen-bond acceptors (Lipinski definition) is 4. The highest BCUT2D eigenvalue weighted by atomic mass is 32.2. The smallest absolute Gasteiger partial charge is 0.190 e. The molecule has 0 amide bonds. The van der Waals surface area contributed by atoms with Crippen molar-refractivity contribution in [3.05, 3.63) is 6.33 Å². The first kappa shape index (κ1) is 9.54. The minimum Gasteiger partial charge on any atom is -0.327 e. The van der Waals surface area contributed by atoms with Gasteiger partial charge >= 0.3 is 0 Å². The van der Waals surface area contributed by atoms with E-state index in [1.54, 1.807) is 18.1 Å². The maximum atomic E-state index is 5.76. The van der Waals surface area contributed by atoms with Crippen LogP contribution >= 0.6 is 11.8 Å². The molecule has 0 aliphatic rings. The third kappa shape index (κ3) is 2.49. The van der Waals surface area contributed by atoms with Crippen molar-refractivity contribution in [2.24, 2.45) is 12.8 Å². The van der Waals surface area contributed by atoms with Crippen molar-refractivity contribution in [1.29, 1.82) is 0 Å². The van der Waals surface area contributed by atoms with E-state index in [2.05, 4.69) is 17.1 Å². The fourth-order valence-electron chi connectivity index (χ4n) is 0.703. The van der Waals surface area contributed by atoms with Crippen LogP contribution in [0.1, 0.15) is 13.3 Å². The van der Waals surface area contributed by atoms with Crippen LogP contribution in [0.4, 0.5) is 0 Å². The number of aryl methyl sites for hydroxylation is 1. The summed E-state index contributed by atoms with van der Waals surface area (Å²) in [5, 5.41) is 8.65. The van der Waals surface area contributed by atoms with Gasteiger partial charge in [0.25, 0.3) is 0 Å². The fraction of sp³-hybridized carbons (Fsp3) is 0.714. The van der Waals surface area contributed by atoms with Crippen LogP contribution in [0.25, 0.3) is 0 Å². The molecule has 12 heavy (non-hydrogen) atoms. The van der Waals surface area contributed by atoms with Gasteiger partial charge in [0.05, 0.1) is 0 Å². The Morgan fingerprint density at radius 2 is 2.50 bits per heavy atom. The Kier molecular flexibility index (Phi) is 3.55. The SMILES string of the molecule is CC[C@@H](N)CSc1nncn1C. The first-order valence-corrected chi connectivity index (χ1v) is 4.95. The molecule has 4 nitrogen and oxygen atoms in total. The molecule has 0 saturated heterocycles. The molecule has 1 atom stereocenters. The summed E-state index contributed by atoms with van der Waals surface area (Å²) >= 11 is 1.65. The minimum atomic E-state index is 0.256. The summed E-state index contributed by atoms with van der Waals surface area (Å²) in [6, 6.07) is 0.256. The molecule has 2 N–H and O–H groups in total. The van der Waals surface area contributed by atoms with E-state index in [9.17, 15) is 0 Å². The molecular formula is C7H14N4S. The maximum absolute atomic E-state index is 5.76. The molecule has 0 saturated carbocycles. The second-order valence-corrected chi connectivity index (χ2v) is 3.69. The van der Waals surface area contributed by atoms with Crippen LogP contribution in [-0.2, 0) is 7.05 Å². The van der Waals surface area contributed by atoms with Crippen LogP contribution in [0.5, 0.6) is 0 Å². The van der Waals surface area contributed by atoms with Crippen LogP contribution < -0.4 is 5.73 Å². The summed E-state index contributed by atoms with van der Waals surface area (Å²) in [4.78, 5) is 0. The van der Waals surface area contributed by atoms with Gasteiger partial charge in [-0.3, -0.25) is 0 Å². The zero-order chi connectivity index (χ0) is 8.97. The van der Waals surface area contributed by atoms with Gasteiger partial charge in [-0.15, -0.1) is 10.2 Å². The number of aromatic nitrogens is 3. The molecule has 0 spiro atoms. The Labute approximate surface area is 76.5 Å². The minimum absolute atomic E-state index is 0.256. The number of nitrogens with two attached hydrogens (primary N) is 1. The lowest BCUT2D eigenvalue weighted by molar-refractivity contribution is 0.719. The Morgan fingerprint density at radius 1 is 1.75 bits per heavy atom. The van der Waals surface area contributed by atoms with Crippen LogP contribution in [0.15, 0.2) is 11.5 Å². The molecule has 0 aromatic carbocycles. The molecule has 1 aromatic rings. The van der Waals surface area contributed by atoms with E-state index in [1.807, 2.05) is 11.6 Å². The highest BCUT2D eigenvalue weighted by molar-refractivity contribution is 7.99. The van der Waals surface area contributed by atoms with Crippen molar-refractivity contribution in [1.82, 2.24) is 14.8 Å². The van der Waals surface area contributed by atoms with Gasteiger partial charge in [-0.05, 0) is 6.42 Å². The maximum Gasteiger partial charge on any atom is 0.190 e. The van der Waals surface area contributed by atoms with Crippen molar-refractivity contribution in [3.63, 3.8) is 0 Å². The number of thioether (sulfide) groups is 1. The van der Waals surface area contributed by atoms with Crippen LogP contribution in [0.3, 0.4) is 0 Å². The zero-order valence-electron chi connectivity index (χ0n) is 7.40. The fourth-order valence-corrected chi connectivity index (χ4v) is 1.66. The van der Waals surface area contributed by atoms with Crippen molar-refractivity contribution in [2.45, 2.75) is 24.5 Å². The van der Waals surface area contributed by atoms with Gasteiger partial charge in [0, 0.05) is 18.8 Å². The predicted molar refractivity (Wildman–Crippen MR) is 50.0 cm³/mol. The first-order valence-electron chi connectivity index (χ1n) is 3.96. The topological polar surface area (TPSA) is 56.7 Å². The van der Waals surface area contributed by atoms with Gasteiger partial charge in [-0.1, -0.05) is 18.7 Å². The summed E-state index contributed by atoms with van der Waals surface area (Å²) in [5.41, 5.74) is 5.76. The van der Waals surface area contributed by atoms with Gasteiger partial charge < -0.3 is 10.3 Å². The van der Waals surface area contributed by atoms with Gasteiger partial charge in [-0.25, -0.2) is 0 Å². The number of nitrogens with zero attached hydrogens (tertiary/aromatic N) is 3. The monoisotopic (exact) mass is 186 g/mol. The predicted octanol–water partition coefficient (Wildman–Crippen LogP) is 0.644. The van der Waals surface area contributed by atoms with Crippen LogP contribution in [0.2, 0.25) is 0 Å². The molecule has 68 valence electrons. The second kappa shape index (κ2) is 4.47. The normalized spacial score (nSPS) is 13.2. The standard InChI is InChI=1S/C7H14N4S/c1-3-6(8)4-12-7-10-9-5-11(7)2/h5-6H,3-4,8H2,1-2H3/t6-/m1/s1. The van der Waals surface area contributed by atoms with E-state index >= 15 is 0 Å². The Morgan fingerprint density at radius 3 is 3.00 bits per heavy atom. The Balaban J connectivity index is 2.38. The van der Waals surface area contributed by atoms with E-state index in [0.717, 1.165) is 17.3 Å². The molecule has 1 heterocycles. The summed E-state index contributed by atoms with van der Waals surface area (Å²) in [7, 11) is 1.93. The molecule has 1 aromatic heterocycles. The molecule has 0 aliphatic carbocycles. The highest BCUT2D eigenvalue weighted by Crippen LogP contribution is 2.14. The molecule has 5 heteroatoms. The lowest BCUT2D eigenvalue weighted by Gasteiger charge is -2.06. The van der Waals surface area contributed by atoms with Crippen molar-refractivity contribution in [2.75, 3.05) is 5.75 Å². The van der Waals surface area contributed by atoms with Crippen molar-refractivity contribution >= 4 is 11.8 Å². The van der Waals surface area contributed by atoms with E-state index < -0.39 is 0 Å². The van der Waals surface area contributed by atoms with Crippen LogP contribution in [0, 0.1) is 0 Å². The summed E-state index contributed by atoms with van der Waals surface area (Å²) in [5.74, 6) is 0.906. The quantitative estimate of drug-likeness (QED) is 0.701. The second-order valence-electron chi connectivity index (χ2n) is 2.70. The largest absolute Gasteiger partial charge is 0.327 e. The van der Waals surface area contributed by atoms with E-state index in [0.29, 0.717) is 0 Å². The van der Waals surface area contributed by atoms with E-state index in [1.165, 1.54) is 0 Å². The average Bonchev–Trinajstić information content (AvgIpc) is 2.47. The summed E-state index contributed by atoms with van der Waals surface area (Å²) in [6.07, 6.45) is 2.70. The molecule has 0 unspecified atom stereocenters. The van der Waals surface area contributed by atoms with Gasteiger partial charge in [0.1, 0.15) is 6.33 Å². The lowest BCUT2D eigenvalue weighted by atomic mass is 10.3. The third-order valence-corrected chi connectivity index (χ3v) is 2.84. The Bertz CT molecular complexity index is 235. The van der Waals surface area contributed by atoms with Crippen molar-refractivity contribution in [3.8, 4) is 0 Å². The van der Waals surface area contributed by atoms with Gasteiger partial charge in [0.15, 0.2) is 5.16 Å². The lowest BCUT2D eigenvalue weighted by Crippen LogP contribution is -2.21. The molecule has 0 aliphatic heterocycles. The molecule has 0 radical (unpaired) electrons. The van der Waals surface area contributed by atoms with E-state index in [-0.39, 0.29) is 6.04 Å².